The number of rotatable bonds is 5. The molecular formula is C13H21N3O2. The predicted octanol–water partition coefficient (Wildman–Crippen LogP) is 0.723. The number of nitrogens with two attached hydrogens (primary N) is 2. The Balaban J connectivity index is 3.26. The lowest BCUT2D eigenvalue weighted by molar-refractivity contribution is -0.143. The van der Waals surface area contributed by atoms with E-state index in [0.29, 0.717) is 12.0 Å². The lowest BCUT2D eigenvalue weighted by Gasteiger charge is -2.45. The monoisotopic (exact) mass is 251 g/mol. The summed E-state index contributed by atoms with van der Waals surface area (Å²) in [5, 5.41) is 10.7. The highest BCUT2D eigenvalue weighted by molar-refractivity contribution is 5.77. The fraction of sp³-hybridized carbons (Fsp3) is 0.538. The largest absolute Gasteiger partial charge is 0.371 e. The third-order valence-corrected chi connectivity index (χ3v) is 4.11. The molecule has 0 saturated heterocycles. The molecule has 0 aliphatic carbocycles. The first-order valence-corrected chi connectivity index (χ1v) is 5.98. The smallest absolute Gasteiger partial charge is 0.220 e. The van der Waals surface area contributed by atoms with Crippen molar-refractivity contribution in [2.75, 3.05) is 0 Å². The van der Waals surface area contributed by atoms with Gasteiger partial charge in [0.05, 0.1) is 0 Å². The Morgan fingerprint density at radius 3 is 2.39 bits per heavy atom. The summed E-state index contributed by atoms with van der Waals surface area (Å²) in [5.41, 5.74) is 9.48. The quantitative estimate of drug-likeness (QED) is 0.671. The van der Waals surface area contributed by atoms with Crippen LogP contribution in [-0.4, -0.2) is 16.0 Å². The molecule has 1 aromatic rings. The van der Waals surface area contributed by atoms with Gasteiger partial charge in [0.2, 0.25) is 5.91 Å². The van der Waals surface area contributed by atoms with Crippen LogP contribution in [-0.2, 0) is 10.5 Å². The van der Waals surface area contributed by atoms with E-state index in [1.54, 1.807) is 38.4 Å². The number of hydrogen-bond acceptors (Lipinski definition) is 4. The molecule has 0 aliphatic heterocycles. The molecule has 0 aliphatic rings. The van der Waals surface area contributed by atoms with E-state index in [2.05, 4.69) is 4.98 Å². The van der Waals surface area contributed by atoms with Crippen molar-refractivity contribution in [3.63, 3.8) is 0 Å². The lowest BCUT2D eigenvalue weighted by atomic mass is 9.66. The number of amides is 1. The minimum atomic E-state index is -1.64. The third kappa shape index (κ3) is 2.23. The summed E-state index contributed by atoms with van der Waals surface area (Å²) in [6.45, 7) is 5.33. The topological polar surface area (TPSA) is 102 Å². The Bertz CT molecular complexity index is 420. The zero-order chi connectivity index (χ0) is 14.0. The van der Waals surface area contributed by atoms with Gasteiger partial charge in [-0.2, -0.15) is 0 Å². The zero-order valence-corrected chi connectivity index (χ0v) is 11.1. The molecule has 0 fully saturated rings. The van der Waals surface area contributed by atoms with Crippen molar-refractivity contribution in [3.05, 3.63) is 30.1 Å². The number of aromatic nitrogens is 1. The second-order valence-electron chi connectivity index (χ2n) is 4.90. The van der Waals surface area contributed by atoms with E-state index in [-0.39, 0.29) is 0 Å². The molecule has 0 spiro atoms. The van der Waals surface area contributed by atoms with Crippen LogP contribution in [0, 0.1) is 11.3 Å². The predicted molar refractivity (Wildman–Crippen MR) is 69.1 cm³/mol. The van der Waals surface area contributed by atoms with Crippen molar-refractivity contribution < 1.29 is 9.90 Å². The second kappa shape index (κ2) is 5.04. The average molecular weight is 251 g/mol. The molecule has 1 amide bonds. The number of primary amides is 1. The van der Waals surface area contributed by atoms with Gasteiger partial charge in [0.1, 0.15) is 5.72 Å². The standard InChI is InChI=1S/C13H21N3O2/c1-4-12(3,9(2)11(14)17)13(15,18)10-5-7-16-8-6-10/h5-9,18H,4,15H2,1-3H3,(H2,14,17). The lowest BCUT2D eigenvalue weighted by Crippen LogP contribution is -2.56. The molecule has 0 radical (unpaired) electrons. The number of aliphatic hydroxyl groups is 1. The van der Waals surface area contributed by atoms with Gasteiger partial charge >= 0.3 is 0 Å². The van der Waals surface area contributed by atoms with Crippen LogP contribution in [0.25, 0.3) is 0 Å². The van der Waals surface area contributed by atoms with E-state index in [9.17, 15) is 9.90 Å². The molecular weight excluding hydrogens is 230 g/mol. The van der Waals surface area contributed by atoms with Gasteiger partial charge in [0.25, 0.3) is 0 Å². The molecule has 1 rings (SSSR count). The van der Waals surface area contributed by atoms with Crippen LogP contribution in [0.2, 0.25) is 0 Å². The minimum absolute atomic E-state index is 0.475. The molecule has 18 heavy (non-hydrogen) atoms. The van der Waals surface area contributed by atoms with Gasteiger partial charge in [-0.3, -0.25) is 15.5 Å². The van der Waals surface area contributed by atoms with Crippen LogP contribution in [0.4, 0.5) is 0 Å². The molecule has 3 unspecified atom stereocenters. The van der Waals surface area contributed by atoms with Crippen LogP contribution >= 0.6 is 0 Å². The summed E-state index contributed by atoms with van der Waals surface area (Å²) in [4.78, 5) is 15.3. The molecule has 5 heteroatoms. The number of hydrogen-bond donors (Lipinski definition) is 3. The first kappa shape index (κ1) is 14.6. The van der Waals surface area contributed by atoms with Gasteiger partial charge in [0.15, 0.2) is 0 Å². The van der Waals surface area contributed by atoms with E-state index >= 15 is 0 Å². The normalized spacial score (nSPS) is 19.6. The summed E-state index contributed by atoms with van der Waals surface area (Å²) in [6, 6.07) is 3.28. The SMILES string of the molecule is CCC(C)(C(C)C(N)=O)C(N)(O)c1ccncc1. The highest BCUT2D eigenvalue weighted by Gasteiger charge is 2.49. The molecule has 1 heterocycles. The molecule has 5 nitrogen and oxygen atoms in total. The Morgan fingerprint density at radius 2 is 2.00 bits per heavy atom. The summed E-state index contributed by atoms with van der Waals surface area (Å²) in [6.07, 6.45) is 3.63. The van der Waals surface area contributed by atoms with E-state index < -0.39 is 23.0 Å². The highest BCUT2D eigenvalue weighted by Crippen LogP contribution is 2.44. The van der Waals surface area contributed by atoms with Crippen LogP contribution < -0.4 is 11.5 Å². The third-order valence-electron chi connectivity index (χ3n) is 4.11. The first-order chi connectivity index (χ1) is 8.27. The van der Waals surface area contributed by atoms with Gasteiger partial charge in [-0.25, -0.2) is 0 Å². The number of pyridine rings is 1. The van der Waals surface area contributed by atoms with Crippen LogP contribution in [0.3, 0.4) is 0 Å². The Kier molecular flexibility index (Phi) is 4.09. The van der Waals surface area contributed by atoms with Gasteiger partial charge in [-0.1, -0.05) is 20.8 Å². The Hall–Kier alpha value is -1.46. The summed E-state index contributed by atoms with van der Waals surface area (Å²) >= 11 is 0. The van der Waals surface area contributed by atoms with Crippen LogP contribution in [0.5, 0.6) is 0 Å². The maximum Gasteiger partial charge on any atom is 0.220 e. The fourth-order valence-electron chi connectivity index (χ4n) is 2.16. The van der Waals surface area contributed by atoms with E-state index in [1.165, 1.54) is 0 Å². The van der Waals surface area contributed by atoms with E-state index in [0.717, 1.165) is 0 Å². The van der Waals surface area contributed by atoms with Crippen molar-refractivity contribution in [2.24, 2.45) is 22.8 Å². The Morgan fingerprint density at radius 1 is 1.50 bits per heavy atom. The maximum atomic E-state index is 11.4. The van der Waals surface area contributed by atoms with Crippen molar-refractivity contribution in [2.45, 2.75) is 32.9 Å². The average Bonchev–Trinajstić information content (AvgIpc) is 2.37. The van der Waals surface area contributed by atoms with Gasteiger partial charge in [0, 0.05) is 29.3 Å². The maximum absolute atomic E-state index is 11.4. The summed E-state index contributed by atoms with van der Waals surface area (Å²) < 4.78 is 0. The van der Waals surface area contributed by atoms with Gasteiger partial charge in [-0.15, -0.1) is 0 Å². The molecule has 100 valence electrons. The van der Waals surface area contributed by atoms with Crippen molar-refractivity contribution in [3.8, 4) is 0 Å². The van der Waals surface area contributed by atoms with Crippen LogP contribution in [0.15, 0.2) is 24.5 Å². The highest BCUT2D eigenvalue weighted by atomic mass is 16.3. The van der Waals surface area contributed by atoms with Crippen molar-refractivity contribution >= 4 is 5.91 Å². The number of carbonyl (C=O) groups excluding carboxylic acids is 1. The summed E-state index contributed by atoms with van der Waals surface area (Å²) in [7, 11) is 0. The van der Waals surface area contributed by atoms with Crippen LogP contribution in [0.1, 0.15) is 32.8 Å². The zero-order valence-electron chi connectivity index (χ0n) is 11.1. The number of carbonyl (C=O) groups is 1. The summed E-state index contributed by atoms with van der Waals surface area (Å²) in [5.74, 6) is -1.03. The second-order valence-corrected chi connectivity index (χ2v) is 4.90. The molecule has 0 bridgehead atoms. The minimum Gasteiger partial charge on any atom is -0.371 e. The fourth-order valence-corrected chi connectivity index (χ4v) is 2.16. The van der Waals surface area contributed by atoms with Gasteiger partial charge in [-0.05, 0) is 18.6 Å². The Labute approximate surface area is 107 Å². The van der Waals surface area contributed by atoms with Gasteiger partial charge < -0.3 is 10.8 Å². The molecule has 0 aromatic carbocycles. The van der Waals surface area contributed by atoms with Crippen molar-refractivity contribution in [1.82, 2.24) is 4.98 Å². The first-order valence-electron chi connectivity index (χ1n) is 5.98. The molecule has 0 saturated carbocycles. The van der Waals surface area contributed by atoms with E-state index in [1.807, 2.05) is 6.92 Å². The van der Waals surface area contributed by atoms with Crippen molar-refractivity contribution in [1.29, 1.82) is 0 Å². The van der Waals surface area contributed by atoms with E-state index in [4.69, 9.17) is 11.5 Å². The number of nitrogens with zero attached hydrogens (tertiary/aromatic N) is 1. The molecule has 3 atom stereocenters. The molecule has 1 aromatic heterocycles. The molecule has 5 N–H and O–H groups in total.